The summed E-state index contributed by atoms with van der Waals surface area (Å²) >= 11 is 5.50. The summed E-state index contributed by atoms with van der Waals surface area (Å²) in [5.41, 5.74) is 4.87. The Hall–Kier alpha value is -2.09. The second-order valence-corrected chi connectivity index (χ2v) is 7.77. The largest absolute Gasteiger partial charge is 0.297 e. The number of piperazine rings is 1. The SMILES string of the molecule is Cc1cc(C)n2c(n1)nc(=S)n2CN1CCN(Cc2ccccc2C)CC1. The van der Waals surface area contributed by atoms with E-state index in [0.29, 0.717) is 10.5 Å². The Morgan fingerprint density at radius 3 is 2.41 bits per heavy atom. The predicted octanol–water partition coefficient (Wildman–Crippen LogP) is 2.96. The fourth-order valence-electron chi connectivity index (χ4n) is 3.79. The van der Waals surface area contributed by atoms with E-state index in [-0.39, 0.29) is 0 Å². The van der Waals surface area contributed by atoms with E-state index in [1.165, 1.54) is 11.1 Å². The molecule has 0 saturated carbocycles. The van der Waals surface area contributed by atoms with Crippen LogP contribution in [0.1, 0.15) is 22.5 Å². The zero-order valence-corrected chi connectivity index (χ0v) is 17.0. The lowest BCUT2D eigenvalue weighted by Gasteiger charge is -2.35. The molecule has 1 fully saturated rings. The molecule has 0 spiro atoms. The molecule has 1 aromatic carbocycles. The molecule has 0 unspecified atom stereocenters. The highest BCUT2D eigenvalue weighted by molar-refractivity contribution is 7.71. The van der Waals surface area contributed by atoms with Crippen molar-refractivity contribution < 1.29 is 0 Å². The molecule has 142 valence electrons. The van der Waals surface area contributed by atoms with Gasteiger partial charge in [-0.2, -0.15) is 4.98 Å². The maximum atomic E-state index is 5.50. The Bertz CT molecular complexity index is 1010. The molecule has 3 aromatic rings. The van der Waals surface area contributed by atoms with Crippen LogP contribution >= 0.6 is 12.2 Å². The topological polar surface area (TPSA) is 41.6 Å². The molecule has 0 amide bonds. The Morgan fingerprint density at radius 1 is 0.963 bits per heavy atom. The Labute approximate surface area is 165 Å². The number of hydrogen-bond donors (Lipinski definition) is 0. The van der Waals surface area contributed by atoms with E-state index in [4.69, 9.17) is 12.2 Å². The quantitative estimate of drug-likeness (QED) is 0.649. The Morgan fingerprint density at radius 2 is 1.67 bits per heavy atom. The minimum absolute atomic E-state index is 0.596. The zero-order valence-electron chi connectivity index (χ0n) is 16.2. The molecule has 0 atom stereocenters. The minimum Gasteiger partial charge on any atom is -0.297 e. The first-order chi connectivity index (χ1) is 13.0. The van der Waals surface area contributed by atoms with Crippen molar-refractivity contribution in [3.05, 3.63) is 57.6 Å². The molecule has 2 aromatic heterocycles. The van der Waals surface area contributed by atoms with E-state index in [1.54, 1.807) is 0 Å². The molecule has 0 radical (unpaired) electrons. The smallest absolute Gasteiger partial charge is 0.252 e. The van der Waals surface area contributed by atoms with Gasteiger partial charge in [-0.25, -0.2) is 14.2 Å². The van der Waals surface area contributed by atoms with E-state index < -0.39 is 0 Å². The molecule has 6 nitrogen and oxygen atoms in total. The van der Waals surface area contributed by atoms with Gasteiger partial charge in [0, 0.05) is 44.1 Å². The zero-order chi connectivity index (χ0) is 19.0. The first-order valence-corrected chi connectivity index (χ1v) is 9.85. The van der Waals surface area contributed by atoms with Gasteiger partial charge in [0.15, 0.2) is 0 Å². The van der Waals surface area contributed by atoms with Crippen molar-refractivity contribution in [2.75, 3.05) is 26.2 Å². The number of nitrogens with zero attached hydrogens (tertiary/aromatic N) is 6. The normalized spacial score (nSPS) is 16.3. The van der Waals surface area contributed by atoms with Crippen molar-refractivity contribution in [1.29, 1.82) is 0 Å². The first-order valence-electron chi connectivity index (χ1n) is 9.44. The number of rotatable bonds is 4. The van der Waals surface area contributed by atoms with Crippen LogP contribution in [0.25, 0.3) is 5.78 Å². The standard InChI is InChI=1S/C20H26N6S/c1-15-6-4-5-7-18(15)13-23-8-10-24(11-9-23)14-25-20(27)22-19-21-16(2)12-17(3)26(19)25/h4-7,12H,8-11,13-14H2,1-3H3. The summed E-state index contributed by atoms with van der Waals surface area (Å²) in [5.74, 6) is 0.690. The van der Waals surface area contributed by atoms with Crippen molar-refractivity contribution in [2.24, 2.45) is 0 Å². The van der Waals surface area contributed by atoms with Crippen LogP contribution in [-0.4, -0.2) is 55.1 Å². The van der Waals surface area contributed by atoms with Crippen LogP contribution in [0.15, 0.2) is 30.3 Å². The highest BCUT2D eigenvalue weighted by atomic mass is 32.1. The lowest BCUT2D eigenvalue weighted by Crippen LogP contribution is -2.46. The van der Waals surface area contributed by atoms with Gasteiger partial charge in [0.05, 0.1) is 6.67 Å². The third-order valence-corrected chi connectivity index (χ3v) is 5.63. The fourth-order valence-corrected chi connectivity index (χ4v) is 4.01. The van der Waals surface area contributed by atoms with Crippen molar-refractivity contribution in [1.82, 2.24) is 29.0 Å². The molecule has 1 aliphatic rings. The van der Waals surface area contributed by atoms with Crippen molar-refractivity contribution >= 4 is 18.0 Å². The maximum Gasteiger partial charge on any atom is 0.252 e. The summed E-state index contributed by atoms with van der Waals surface area (Å²) in [5, 5.41) is 0. The number of fused-ring (bicyclic) bond motifs is 1. The molecule has 1 aliphatic heterocycles. The number of hydrogen-bond acceptors (Lipinski definition) is 5. The summed E-state index contributed by atoms with van der Waals surface area (Å²) in [6.07, 6.45) is 0. The third-order valence-electron chi connectivity index (χ3n) is 5.33. The molecule has 1 saturated heterocycles. The molecule has 3 heterocycles. The summed E-state index contributed by atoms with van der Waals surface area (Å²) in [4.78, 5) is 14.0. The van der Waals surface area contributed by atoms with Crippen LogP contribution in [0.4, 0.5) is 0 Å². The molecule has 0 aliphatic carbocycles. The number of benzene rings is 1. The van der Waals surface area contributed by atoms with Crippen molar-refractivity contribution in [3.63, 3.8) is 0 Å². The van der Waals surface area contributed by atoms with Gasteiger partial charge < -0.3 is 0 Å². The second kappa shape index (κ2) is 7.50. The third kappa shape index (κ3) is 3.81. The Balaban J connectivity index is 1.44. The molecule has 7 heteroatoms. The lowest BCUT2D eigenvalue weighted by molar-refractivity contribution is 0.0963. The van der Waals surface area contributed by atoms with Gasteiger partial charge in [-0.1, -0.05) is 24.3 Å². The van der Waals surface area contributed by atoms with Crippen LogP contribution < -0.4 is 0 Å². The van der Waals surface area contributed by atoms with Crippen LogP contribution in [0.3, 0.4) is 0 Å². The highest BCUT2D eigenvalue weighted by Gasteiger charge is 2.19. The average molecular weight is 383 g/mol. The van der Waals surface area contributed by atoms with Crippen LogP contribution in [0.2, 0.25) is 0 Å². The Kier molecular flexibility index (Phi) is 5.08. The van der Waals surface area contributed by atoms with E-state index in [1.807, 2.05) is 11.4 Å². The number of aromatic nitrogens is 4. The summed E-state index contributed by atoms with van der Waals surface area (Å²) in [7, 11) is 0. The molecular weight excluding hydrogens is 356 g/mol. The van der Waals surface area contributed by atoms with Gasteiger partial charge in [0.25, 0.3) is 5.78 Å². The van der Waals surface area contributed by atoms with Gasteiger partial charge in [-0.15, -0.1) is 0 Å². The van der Waals surface area contributed by atoms with Gasteiger partial charge >= 0.3 is 0 Å². The van der Waals surface area contributed by atoms with E-state index in [2.05, 4.69) is 68.6 Å². The predicted molar refractivity (Wildman–Crippen MR) is 109 cm³/mol. The van der Waals surface area contributed by atoms with E-state index in [0.717, 1.165) is 50.8 Å². The van der Waals surface area contributed by atoms with Gasteiger partial charge in [-0.05, 0) is 50.2 Å². The first kappa shape index (κ1) is 18.3. The van der Waals surface area contributed by atoms with Crippen LogP contribution in [0, 0.1) is 25.5 Å². The van der Waals surface area contributed by atoms with Crippen LogP contribution in [-0.2, 0) is 13.2 Å². The maximum absolute atomic E-state index is 5.50. The molecule has 0 N–H and O–H groups in total. The lowest BCUT2D eigenvalue weighted by atomic mass is 10.1. The summed E-state index contributed by atoms with van der Waals surface area (Å²) in [6.45, 7) is 12.2. The second-order valence-electron chi connectivity index (χ2n) is 7.41. The molecule has 4 rings (SSSR count). The van der Waals surface area contributed by atoms with Gasteiger partial charge in [0.1, 0.15) is 0 Å². The van der Waals surface area contributed by atoms with E-state index in [9.17, 15) is 0 Å². The number of aryl methyl sites for hydroxylation is 3. The molecule has 0 bridgehead atoms. The summed E-state index contributed by atoms with van der Waals surface area (Å²) in [6, 6.07) is 10.7. The fraction of sp³-hybridized carbons (Fsp3) is 0.450. The summed E-state index contributed by atoms with van der Waals surface area (Å²) < 4.78 is 4.69. The van der Waals surface area contributed by atoms with Gasteiger partial charge in [0.2, 0.25) is 4.77 Å². The minimum atomic E-state index is 0.596. The monoisotopic (exact) mass is 382 g/mol. The van der Waals surface area contributed by atoms with Gasteiger partial charge in [-0.3, -0.25) is 9.80 Å². The van der Waals surface area contributed by atoms with Crippen molar-refractivity contribution in [3.8, 4) is 0 Å². The average Bonchev–Trinajstić information content (AvgIpc) is 2.94. The van der Waals surface area contributed by atoms with Crippen molar-refractivity contribution in [2.45, 2.75) is 34.0 Å². The molecular formula is C20H26N6S. The van der Waals surface area contributed by atoms with E-state index >= 15 is 0 Å². The highest BCUT2D eigenvalue weighted by Crippen LogP contribution is 2.14. The molecule has 27 heavy (non-hydrogen) atoms. The van der Waals surface area contributed by atoms with Crippen LogP contribution in [0.5, 0.6) is 0 Å².